The number of hydrogen-bond donors (Lipinski definition) is 1. The fraction of sp³-hybridized carbons (Fsp3) is 0.353. The van der Waals surface area contributed by atoms with E-state index in [0.29, 0.717) is 12.6 Å². The van der Waals surface area contributed by atoms with Crippen LogP contribution in [-0.2, 0) is 6.42 Å². The summed E-state index contributed by atoms with van der Waals surface area (Å²) in [6, 6.07) is 12.8. The van der Waals surface area contributed by atoms with Crippen LogP contribution in [0.4, 0.5) is 0 Å². The average Bonchev–Trinajstić information content (AvgIpc) is 3.27. The first-order chi connectivity index (χ1) is 10.2. The van der Waals surface area contributed by atoms with Crippen molar-refractivity contribution in [3.63, 3.8) is 0 Å². The van der Waals surface area contributed by atoms with Crippen molar-refractivity contribution in [1.82, 2.24) is 9.88 Å². The van der Waals surface area contributed by atoms with E-state index in [-0.39, 0.29) is 5.91 Å². The van der Waals surface area contributed by atoms with Gasteiger partial charge >= 0.3 is 0 Å². The highest BCUT2D eigenvalue weighted by Gasteiger charge is 2.27. The lowest BCUT2D eigenvalue weighted by molar-refractivity contribution is 0.0943. The van der Waals surface area contributed by atoms with Gasteiger partial charge in [-0.2, -0.15) is 0 Å². The Balaban J connectivity index is 1.50. The van der Waals surface area contributed by atoms with Gasteiger partial charge in [-0.05, 0) is 53.2 Å². The van der Waals surface area contributed by atoms with Gasteiger partial charge in [-0.1, -0.05) is 30.3 Å². The van der Waals surface area contributed by atoms with Crippen molar-refractivity contribution in [3.05, 3.63) is 58.3 Å². The van der Waals surface area contributed by atoms with Crippen molar-refractivity contribution in [3.8, 4) is 0 Å². The van der Waals surface area contributed by atoms with E-state index < -0.39 is 0 Å². The first-order valence-electron chi connectivity index (χ1n) is 7.43. The second-order valence-corrected chi connectivity index (χ2v) is 6.44. The Kier molecular flexibility index (Phi) is 4.44. The van der Waals surface area contributed by atoms with Gasteiger partial charge in [0.1, 0.15) is 5.69 Å². The smallest absolute Gasteiger partial charge is 0.267 e. The normalized spacial score (nSPS) is 14.1. The van der Waals surface area contributed by atoms with Crippen molar-refractivity contribution in [2.75, 3.05) is 6.54 Å². The summed E-state index contributed by atoms with van der Waals surface area (Å²) in [6.07, 6.45) is 6.32. The van der Waals surface area contributed by atoms with E-state index in [2.05, 4.69) is 37.9 Å². The number of carbonyl (C=O) groups excluding carboxylic acids is 1. The molecule has 1 N–H and O–H groups in total. The highest BCUT2D eigenvalue weighted by Crippen LogP contribution is 2.37. The van der Waals surface area contributed by atoms with Gasteiger partial charge in [0.25, 0.3) is 5.91 Å². The van der Waals surface area contributed by atoms with Crippen LogP contribution in [0.5, 0.6) is 0 Å². The Morgan fingerprint density at radius 3 is 2.76 bits per heavy atom. The van der Waals surface area contributed by atoms with E-state index >= 15 is 0 Å². The van der Waals surface area contributed by atoms with Crippen LogP contribution in [0.15, 0.2) is 47.1 Å². The third-order valence-corrected chi connectivity index (χ3v) is 4.19. The van der Waals surface area contributed by atoms with Gasteiger partial charge in [0, 0.05) is 23.3 Å². The van der Waals surface area contributed by atoms with E-state index in [9.17, 15) is 4.79 Å². The Morgan fingerprint density at radius 2 is 2.05 bits per heavy atom. The van der Waals surface area contributed by atoms with E-state index in [1.807, 2.05) is 30.5 Å². The number of rotatable bonds is 6. The van der Waals surface area contributed by atoms with Gasteiger partial charge in [-0.25, -0.2) is 0 Å². The molecule has 0 radical (unpaired) electrons. The molecule has 3 rings (SSSR count). The van der Waals surface area contributed by atoms with Crippen LogP contribution in [0.1, 0.15) is 41.4 Å². The zero-order valence-electron chi connectivity index (χ0n) is 11.9. The Bertz CT molecular complexity index is 617. The molecular weight excluding hydrogens is 328 g/mol. The molecule has 110 valence electrons. The zero-order chi connectivity index (χ0) is 14.7. The van der Waals surface area contributed by atoms with Crippen molar-refractivity contribution in [1.29, 1.82) is 0 Å². The van der Waals surface area contributed by atoms with Crippen LogP contribution < -0.4 is 5.32 Å². The lowest BCUT2D eigenvalue weighted by atomic mass is 10.1. The first kappa shape index (κ1) is 14.4. The molecule has 2 aromatic rings. The Hall–Kier alpha value is -1.55. The number of benzene rings is 1. The summed E-state index contributed by atoms with van der Waals surface area (Å²) in [5.74, 6) is 0.0284. The minimum Gasteiger partial charge on any atom is -0.351 e. The molecule has 1 saturated carbocycles. The van der Waals surface area contributed by atoms with Crippen LogP contribution in [-0.4, -0.2) is 17.0 Å². The van der Waals surface area contributed by atoms with Crippen molar-refractivity contribution < 1.29 is 4.79 Å². The summed E-state index contributed by atoms with van der Waals surface area (Å²) >= 11 is 3.46. The third kappa shape index (κ3) is 3.76. The molecule has 1 fully saturated rings. The van der Waals surface area contributed by atoms with E-state index in [4.69, 9.17) is 0 Å². The molecule has 3 nitrogen and oxygen atoms in total. The largest absolute Gasteiger partial charge is 0.351 e. The fourth-order valence-electron chi connectivity index (χ4n) is 2.51. The lowest BCUT2D eigenvalue weighted by Crippen LogP contribution is -2.26. The fourth-order valence-corrected chi connectivity index (χ4v) is 2.95. The molecule has 4 heteroatoms. The van der Waals surface area contributed by atoms with Gasteiger partial charge in [-0.3, -0.25) is 4.79 Å². The number of amides is 1. The van der Waals surface area contributed by atoms with Gasteiger partial charge in [0.2, 0.25) is 0 Å². The molecule has 21 heavy (non-hydrogen) atoms. The van der Waals surface area contributed by atoms with Crippen LogP contribution in [0, 0.1) is 0 Å². The van der Waals surface area contributed by atoms with E-state index in [1.165, 1.54) is 18.4 Å². The molecule has 0 bridgehead atoms. The maximum atomic E-state index is 12.3. The predicted molar refractivity (Wildman–Crippen MR) is 87.5 cm³/mol. The molecule has 0 atom stereocenters. The highest BCUT2D eigenvalue weighted by atomic mass is 79.9. The summed E-state index contributed by atoms with van der Waals surface area (Å²) in [5.41, 5.74) is 2.08. The minimum atomic E-state index is 0.0284. The SMILES string of the molecule is O=C(NCCCc1ccccc1)c1cc(Br)cn1C1CC1. The van der Waals surface area contributed by atoms with Crippen molar-refractivity contribution >= 4 is 21.8 Å². The molecule has 1 heterocycles. The summed E-state index contributed by atoms with van der Waals surface area (Å²) in [5, 5.41) is 3.02. The quantitative estimate of drug-likeness (QED) is 0.789. The van der Waals surface area contributed by atoms with E-state index in [1.54, 1.807) is 0 Å². The minimum absolute atomic E-state index is 0.0284. The van der Waals surface area contributed by atoms with Crippen molar-refractivity contribution in [2.45, 2.75) is 31.7 Å². The molecule has 1 aliphatic carbocycles. The first-order valence-corrected chi connectivity index (χ1v) is 8.23. The number of nitrogens with zero attached hydrogens (tertiary/aromatic N) is 1. The molecule has 0 aliphatic heterocycles. The highest BCUT2D eigenvalue weighted by molar-refractivity contribution is 9.10. The number of aryl methyl sites for hydroxylation is 1. The zero-order valence-corrected chi connectivity index (χ0v) is 13.5. The number of nitrogens with one attached hydrogen (secondary N) is 1. The van der Waals surface area contributed by atoms with Gasteiger partial charge < -0.3 is 9.88 Å². The third-order valence-electron chi connectivity index (χ3n) is 3.76. The molecule has 1 amide bonds. The van der Waals surface area contributed by atoms with Crippen LogP contribution in [0.2, 0.25) is 0 Å². The van der Waals surface area contributed by atoms with Gasteiger partial charge in [0.15, 0.2) is 0 Å². The standard InChI is InChI=1S/C17H19BrN2O/c18-14-11-16(20(12-14)15-8-9-15)17(21)19-10-4-7-13-5-2-1-3-6-13/h1-3,5-6,11-12,15H,4,7-10H2,(H,19,21). The molecule has 0 unspecified atom stereocenters. The topological polar surface area (TPSA) is 34.0 Å². The molecule has 0 saturated heterocycles. The maximum Gasteiger partial charge on any atom is 0.267 e. The molecular formula is C17H19BrN2O. The monoisotopic (exact) mass is 346 g/mol. The predicted octanol–water partition coefficient (Wildman–Crippen LogP) is 3.95. The van der Waals surface area contributed by atoms with Crippen LogP contribution >= 0.6 is 15.9 Å². The summed E-state index contributed by atoms with van der Waals surface area (Å²) < 4.78 is 3.07. The van der Waals surface area contributed by atoms with Crippen molar-refractivity contribution in [2.24, 2.45) is 0 Å². The number of halogens is 1. The number of carbonyl (C=O) groups is 1. The average molecular weight is 347 g/mol. The second kappa shape index (κ2) is 6.48. The Morgan fingerprint density at radius 1 is 1.29 bits per heavy atom. The Labute approximate surface area is 133 Å². The molecule has 0 spiro atoms. The summed E-state index contributed by atoms with van der Waals surface area (Å²) in [6.45, 7) is 0.710. The second-order valence-electron chi connectivity index (χ2n) is 5.53. The summed E-state index contributed by atoms with van der Waals surface area (Å²) in [4.78, 5) is 12.3. The number of aromatic nitrogens is 1. The molecule has 1 aromatic carbocycles. The van der Waals surface area contributed by atoms with Crippen LogP contribution in [0.25, 0.3) is 0 Å². The van der Waals surface area contributed by atoms with Gasteiger partial charge in [0.05, 0.1) is 0 Å². The summed E-state index contributed by atoms with van der Waals surface area (Å²) in [7, 11) is 0. The van der Waals surface area contributed by atoms with Crippen LogP contribution in [0.3, 0.4) is 0 Å². The van der Waals surface area contributed by atoms with Gasteiger partial charge in [-0.15, -0.1) is 0 Å². The molecule has 1 aliphatic rings. The molecule has 1 aromatic heterocycles. The number of hydrogen-bond acceptors (Lipinski definition) is 1. The maximum absolute atomic E-state index is 12.3. The lowest BCUT2D eigenvalue weighted by Gasteiger charge is -2.08. The van der Waals surface area contributed by atoms with E-state index in [0.717, 1.165) is 23.0 Å².